The normalized spacial score (nSPS) is 10.3. The van der Waals surface area contributed by atoms with Crippen LogP contribution in [0.4, 0.5) is 5.69 Å². The van der Waals surface area contributed by atoms with Crippen molar-refractivity contribution in [1.82, 2.24) is 20.1 Å². The number of carbonyl (C=O) groups is 2. The van der Waals surface area contributed by atoms with Gasteiger partial charge in [-0.05, 0) is 42.0 Å². The molecular formula is C18H17N5O2. The zero-order valence-electron chi connectivity index (χ0n) is 13.6. The van der Waals surface area contributed by atoms with Gasteiger partial charge < -0.3 is 10.6 Å². The van der Waals surface area contributed by atoms with Gasteiger partial charge in [-0.15, -0.1) is 0 Å². The van der Waals surface area contributed by atoms with Crippen molar-refractivity contribution in [2.24, 2.45) is 0 Å². The van der Waals surface area contributed by atoms with Gasteiger partial charge in [-0.3, -0.25) is 9.59 Å². The first-order valence-corrected chi connectivity index (χ1v) is 7.71. The van der Waals surface area contributed by atoms with Crippen LogP contribution in [0.5, 0.6) is 0 Å². The van der Waals surface area contributed by atoms with Gasteiger partial charge in [0.15, 0.2) is 0 Å². The SMILES string of the molecule is CC(=O)Nc1ccc(CNC(=O)c2ccc(-n3cncn3)cc2)cc1. The number of benzene rings is 2. The number of amides is 2. The molecule has 0 spiro atoms. The summed E-state index contributed by atoms with van der Waals surface area (Å²) in [7, 11) is 0. The van der Waals surface area contributed by atoms with Crippen LogP contribution in [0.15, 0.2) is 61.2 Å². The molecule has 1 aromatic heterocycles. The van der Waals surface area contributed by atoms with Crippen molar-refractivity contribution in [3.63, 3.8) is 0 Å². The average molecular weight is 335 g/mol. The lowest BCUT2D eigenvalue weighted by atomic mass is 10.1. The van der Waals surface area contributed by atoms with E-state index in [1.807, 2.05) is 24.3 Å². The van der Waals surface area contributed by atoms with Gasteiger partial charge in [-0.1, -0.05) is 12.1 Å². The Hall–Kier alpha value is -3.48. The Balaban J connectivity index is 1.58. The monoisotopic (exact) mass is 335 g/mol. The van der Waals surface area contributed by atoms with E-state index in [0.717, 1.165) is 16.9 Å². The largest absolute Gasteiger partial charge is 0.348 e. The summed E-state index contributed by atoms with van der Waals surface area (Å²) in [4.78, 5) is 27.1. The quantitative estimate of drug-likeness (QED) is 0.748. The molecule has 0 saturated carbocycles. The average Bonchev–Trinajstić information content (AvgIpc) is 3.15. The standard InChI is InChI=1S/C18H17N5O2/c1-13(24)22-16-6-2-14(3-7-16)10-20-18(25)15-4-8-17(9-5-15)23-12-19-11-21-23/h2-9,11-12H,10H2,1H3,(H,20,25)(H,22,24). The first-order chi connectivity index (χ1) is 12.1. The summed E-state index contributed by atoms with van der Waals surface area (Å²) in [6.07, 6.45) is 3.05. The summed E-state index contributed by atoms with van der Waals surface area (Å²) < 4.78 is 1.62. The highest BCUT2D eigenvalue weighted by Crippen LogP contribution is 2.11. The molecule has 3 aromatic rings. The van der Waals surface area contributed by atoms with E-state index in [2.05, 4.69) is 20.7 Å². The molecule has 0 radical (unpaired) electrons. The molecule has 3 rings (SSSR count). The number of carbonyl (C=O) groups excluding carboxylic acids is 2. The fourth-order valence-electron chi connectivity index (χ4n) is 2.30. The lowest BCUT2D eigenvalue weighted by molar-refractivity contribution is -0.114. The van der Waals surface area contributed by atoms with Crippen LogP contribution in [0.3, 0.4) is 0 Å². The minimum Gasteiger partial charge on any atom is -0.348 e. The fraction of sp³-hybridized carbons (Fsp3) is 0.111. The van der Waals surface area contributed by atoms with Crippen LogP contribution >= 0.6 is 0 Å². The minimum absolute atomic E-state index is 0.115. The van der Waals surface area contributed by atoms with Gasteiger partial charge in [0.2, 0.25) is 5.91 Å². The molecule has 0 aliphatic carbocycles. The first kappa shape index (κ1) is 16.4. The van der Waals surface area contributed by atoms with Gasteiger partial charge in [-0.2, -0.15) is 5.10 Å². The number of aromatic nitrogens is 3. The lowest BCUT2D eigenvalue weighted by Crippen LogP contribution is -2.22. The Labute approximate surface area is 144 Å². The molecule has 0 aliphatic rings. The second kappa shape index (κ2) is 7.39. The summed E-state index contributed by atoms with van der Waals surface area (Å²) in [6.45, 7) is 1.87. The van der Waals surface area contributed by atoms with E-state index < -0.39 is 0 Å². The molecular weight excluding hydrogens is 318 g/mol. The smallest absolute Gasteiger partial charge is 0.251 e. The Kier molecular flexibility index (Phi) is 4.84. The Morgan fingerprint density at radius 3 is 2.36 bits per heavy atom. The van der Waals surface area contributed by atoms with E-state index >= 15 is 0 Å². The van der Waals surface area contributed by atoms with Crippen LogP contribution in [0.25, 0.3) is 5.69 Å². The Morgan fingerprint density at radius 1 is 1.04 bits per heavy atom. The van der Waals surface area contributed by atoms with Crippen LogP contribution in [0.1, 0.15) is 22.8 Å². The van der Waals surface area contributed by atoms with E-state index in [4.69, 9.17) is 0 Å². The molecule has 0 aliphatic heterocycles. The predicted octanol–water partition coefficient (Wildman–Crippen LogP) is 2.16. The van der Waals surface area contributed by atoms with Gasteiger partial charge in [0, 0.05) is 24.7 Å². The van der Waals surface area contributed by atoms with Crippen molar-refractivity contribution in [3.05, 3.63) is 72.3 Å². The van der Waals surface area contributed by atoms with Crippen molar-refractivity contribution in [2.75, 3.05) is 5.32 Å². The summed E-state index contributed by atoms with van der Waals surface area (Å²) in [6, 6.07) is 14.4. The molecule has 25 heavy (non-hydrogen) atoms. The van der Waals surface area contributed by atoms with Crippen LogP contribution < -0.4 is 10.6 Å². The summed E-state index contributed by atoms with van der Waals surface area (Å²) >= 11 is 0. The number of nitrogens with zero attached hydrogens (tertiary/aromatic N) is 3. The maximum atomic E-state index is 12.2. The fourth-order valence-corrected chi connectivity index (χ4v) is 2.30. The number of rotatable bonds is 5. The molecule has 2 amide bonds. The van der Waals surface area contributed by atoms with E-state index in [0.29, 0.717) is 12.1 Å². The van der Waals surface area contributed by atoms with E-state index in [1.54, 1.807) is 35.3 Å². The topological polar surface area (TPSA) is 88.9 Å². The molecule has 2 N–H and O–H groups in total. The van der Waals surface area contributed by atoms with E-state index in [9.17, 15) is 9.59 Å². The number of nitrogens with one attached hydrogen (secondary N) is 2. The third-order valence-electron chi connectivity index (χ3n) is 3.54. The molecule has 7 heteroatoms. The Morgan fingerprint density at radius 2 is 1.76 bits per heavy atom. The predicted molar refractivity (Wildman–Crippen MR) is 93.3 cm³/mol. The Bertz CT molecular complexity index is 855. The van der Waals surface area contributed by atoms with E-state index in [1.165, 1.54) is 13.3 Å². The molecule has 0 saturated heterocycles. The summed E-state index contributed by atoms with van der Waals surface area (Å²) in [5, 5.41) is 9.61. The van der Waals surface area contributed by atoms with Gasteiger partial charge in [0.1, 0.15) is 12.7 Å². The maximum absolute atomic E-state index is 12.2. The number of hydrogen-bond acceptors (Lipinski definition) is 4. The third-order valence-corrected chi connectivity index (χ3v) is 3.54. The highest BCUT2D eigenvalue weighted by molar-refractivity contribution is 5.94. The van der Waals surface area contributed by atoms with Crippen molar-refractivity contribution in [2.45, 2.75) is 13.5 Å². The molecule has 0 atom stereocenters. The molecule has 126 valence electrons. The van der Waals surface area contributed by atoms with Crippen molar-refractivity contribution in [3.8, 4) is 5.69 Å². The highest BCUT2D eigenvalue weighted by Gasteiger charge is 2.06. The molecule has 2 aromatic carbocycles. The van der Waals surface area contributed by atoms with Crippen LogP contribution in [0, 0.1) is 0 Å². The maximum Gasteiger partial charge on any atom is 0.251 e. The summed E-state index contributed by atoms with van der Waals surface area (Å²) in [5.74, 6) is -0.272. The van der Waals surface area contributed by atoms with Crippen LogP contribution in [0.2, 0.25) is 0 Å². The molecule has 0 bridgehead atoms. The van der Waals surface area contributed by atoms with Gasteiger partial charge in [0.05, 0.1) is 5.69 Å². The molecule has 0 fully saturated rings. The van der Waals surface area contributed by atoms with Crippen LogP contribution in [-0.4, -0.2) is 26.6 Å². The van der Waals surface area contributed by atoms with Gasteiger partial charge >= 0.3 is 0 Å². The molecule has 1 heterocycles. The van der Waals surface area contributed by atoms with Crippen molar-refractivity contribution < 1.29 is 9.59 Å². The zero-order chi connectivity index (χ0) is 17.6. The summed E-state index contributed by atoms with van der Waals surface area (Å²) in [5.41, 5.74) is 3.08. The number of anilines is 1. The lowest BCUT2D eigenvalue weighted by Gasteiger charge is -2.08. The van der Waals surface area contributed by atoms with Gasteiger partial charge in [-0.25, -0.2) is 9.67 Å². The molecule has 7 nitrogen and oxygen atoms in total. The van der Waals surface area contributed by atoms with E-state index in [-0.39, 0.29) is 11.8 Å². The third kappa shape index (κ3) is 4.29. The highest BCUT2D eigenvalue weighted by atomic mass is 16.2. The van der Waals surface area contributed by atoms with Gasteiger partial charge in [0.25, 0.3) is 5.91 Å². The second-order valence-corrected chi connectivity index (χ2v) is 5.45. The number of hydrogen-bond donors (Lipinski definition) is 2. The first-order valence-electron chi connectivity index (χ1n) is 7.71. The second-order valence-electron chi connectivity index (χ2n) is 5.45. The zero-order valence-corrected chi connectivity index (χ0v) is 13.6. The van der Waals surface area contributed by atoms with Crippen LogP contribution in [-0.2, 0) is 11.3 Å². The van der Waals surface area contributed by atoms with Crippen molar-refractivity contribution in [1.29, 1.82) is 0 Å². The van der Waals surface area contributed by atoms with Crippen molar-refractivity contribution >= 4 is 17.5 Å². The minimum atomic E-state index is -0.156. The molecule has 0 unspecified atom stereocenters.